The van der Waals surface area contributed by atoms with Gasteiger partial charge in [0.2, 0.25) is 0 Å². The van der Waals surface area contributed by atoms with Crippen molar-refractivity contribution >= 4 is 11.6 Å². The molecule has 108 valence electrons. The van der Waals surface area contributed by atoms with Crippen molar-refractivity contribution in [1.82, 2.24) is 0 Å². The van der Waals surface area contributed by atoms with Crippen molar-refractivity contribution in [2.45, 2.75) is 20.8 Å². The molecule has 0 saturated carbocycles. The first-order valence-corrected chi connectivity index (χ1v) is 6.60. The molecule has 2 rings (SSSR count). The Kier molecular flexibility index (Phi) is 4.46. The molecule has 1 aromatic heterocycles. The normalized spacial score (nSPS) is 9.90. The van der Waals surface area contributed by atoms with Gasteiger partial charge in [-0.15, -0.1) is 0 Å². The molecule has 0 atom stereocenters. The van der Waals surface area contributed by atoms with E-state index >= 15 is 0 Å². The van der Waals surface area contributed by atoms with Crippen LogP contribution in [0.15, 0.2) is 28.7 Å². The third kappa shape index (κ3) is 3.53. The Labute approximate surface area is 123 Å². The smallest absolute Gasteiger partial charge is 0.259 e. The maximum atomic E-state index is 12.3. The number of carbonyl (C=O) groups is 1. The van der Waals surface area contributed by atoms with Gasteiger partial charge in [0.25, 0.3) is 5.91 Å². The SMILES string of the molecule is Cc1ccc(NC(=O)c2cc(C)oc2C)c(C#CCO)c1. The van der Waals surface area contributed by atoms with Crippen LogP contribution in [0.3, 0.4) is 0 Å². The fourth-order valence-electron chi connectivity index (χ4n) is 2.05. The van der Waals surface area contributed by atoms with Gasteiger partial charge in [-0.05, 0) is 44.5 Å². The lowest BCUT2D eigenvalue weighted by Gasteiger charge is -2.08. The van der Waals surface area contributed by atoms with E-state index in [2.05, 4.69) is 17.2 Å². The Balaban J connectivity index is 2.31. The first-order chi connectivity index (χ1) is 10.0. The third-order valence-electron chi connectivity index (χ3n) is 3.01. The predicted molar refractivity (Wildman–Crippen MR) is 81.3 cm³/mol. The van der Waals surface area contributed by atoms with Gasteiger partial charge in [0.15, 0.2) is 0 Å². The van der Waals surface area contributed by atoms with E-state index in [-0.39, 0.29) is 12.5 Å². The van der Waals surface area contributed by atoms with E-state index in [0.717, 1.165) is 5.56 Å². The average molecular weight is 283 g/mol. The number of amides is 1. The van der Waals surface area contributed by atoms with Crippen LogP contribution >= 0.6 is 0 Å². The number of benzene rings is 1. The zero-order chi connectivity index (χ0) is 15.4. The molecule has 0 bridgehead atoms. The highest BCUT2D eigenvalue weighted by Gasteiger charge is 2.14. The first-order valence-electron chi connectivity index (χ1n) is 6.60. The number of aliphatic hydroxyl groups is 1. The van der Waals surface area contributed by atoms with Gasteiger partial charge in [0.05, 0.1) is 11.3 Å². The zero-order valence-electron chi connectivity index (χ0n) is 12.3. The lowest BCUT2D eigenvalue weighted by atomic mass is 10.1. The molecule has 0 aliphatic carbocycles. The Morgan fingerprint density at radius 3 is 2.67 bits per heavy atom. The van der Waals surface area contributed by atoms with E-state index < -0.39 is 0 Å². The summed E-state index contributed by atoms with van der Waals surface area (Å²) in [6.07, 6.45) is 0. The lowest BCUT2D eigenvalue weighted by Crippen LogP contribution is -2.13. The minimum absolute atomic E-state index is 0.221. The number of carbonyl (C=O) groups excluding carboxylic acids is 1. The summed E-state index contributed by atoms with van der Waals surface area (Å²) >= 11 is 0. The number of aliphatic hydroxyl groups excluding tert-OH is 1. The van der Waals surface area contributed by atoms with Gasteiger partial charge in [-0.2, -0.15) is 0 Å². The maximum absolute atomic E-state index is 12.3. The van der Waals surface area contributed by atoms with Gasteiger partial charge in [-0.3, -0.25) is 4.79 Å². The molecule has 1 heterocycles. The van der Waals surface area contributed by atoms with Crippen LogP contribution in [0.25, 0.3) is 0 Å². The van der Waals surface area contributed by atoms with E-state index in [1.54, 1.807) is 26.0 Å². The topological polar surface area (TPSA) is 62.5 Å². The molecule has 1 aromatic carbocycles. The highest BCUT2D eigenvalue weighted by molar-refractivity contribution is 6.05. The highest BCUT2D eigenvalue weighted by Crippen LogP contribution is 2.20. The molecular weight excluding hydrogens is 266 g/mol. The second-order valence-electron chi connectivity index (χ2n) is 4.79. The summed E-state index contributed by atoms with van der Waals surface area (Å²) in [5.41, 5.74) is 2.83. The van der Waals surface area contributed by atoms with Crippen molar-refractivity contribution in [3.63, 3.8) is 0 Å². The molecule has 0 aliphatic heterocycles. The first kappa shape index (κ1) is 14.9. The van der Waals surface area contributed by atoms with Crippen LogP contribution in [0, 0.1) is 32.6 Å². The standard InChI is InChI=1S/C17H17NO3/c1-11-6-7-16(14(9-11)5-4-8-19)18-17(20)15-10-12(2)21-13(15)3/h6-7,9-10,19H,8H2,1-3H3,(H,18,20). The van der Waals surface area contributed by atoms with Crippen LogP contribution in [0.2, 0.25) is 0 Å². The summed E-state index contributed by atoms with van der Waals surface area (Å²) in [7, 11) is 0. The summed E-state index contributed by atoms with van der Waals surface area (Å²) in [6.45, 7) is 5.28. The Bertz CT molecular complexity index is 732. The molecule has 4 nitrogen and oxygen atoms in total. The number of anilines is 1. The molecule has 1 amide bonds. The number of rotatable bonds is 2. The van der Waals surface area contributed by atoms with Crippen molar-refractivity contribution in [3.05, 3.63) is 52.5 Å². The summed E-state index contributed by atoms with van der Waals surface area (Å²) in [5.74, 6) is 6.48. The number of aryl methyl sites for hydroxylation is 3. The van der Waals surface area contributed by atoms with Crippen molar-refractivity contribution in [3.8, 4) is 11.8 Å². The maximum Gasteiger partial charge on any atom is 0.259 e. The van der Waals surface area contributed by atoms with Crippen molar-refractivity contribution in [2.75, 3.05) is 11.9 Å². The molecule has 0 radical (unpaired) electrons. The Morgan fingerprint density at radius 2 is 2.05 bits per heavy atom. The molecule has 0 aliphatic rings. The molecule has 0 unspecified atom stereocenters. The van der Waals surface area contributed by atoms with Crippen LogP contribution < -0.4 is 5.32 Å². The van der Waals surface area contributed by atoms with E-state index in [0.29, 0.717) is 28.3 Å². The largest absolute Gasteiger partial charge is 0.466 e. The third-order valence-corrected chi connectivity index (χ3v) is 3.01. The highest BCUT2D eigenvalue weighted by atomic mass is 16.3. The van der Waals surface area contributed by atoms with Crippen molar-refractivity contribution in [1.29, 1.82) is 0 Å². The second-order valence-corrected chi connectivity index (χ2v) is 4.79. The molecule has 2 aromatic rings. The monoisotopic (exact) mass is 283 g/mol. The van der Waals surface area contributed by atoms with Crippen LogP contribution in [0.1, 0.15) is 33.0 Å². The van der Waals surface area contributed by atoms with Gasteiger partial charge >= 0.3 is 0 Å². The van der Waals surface area contributed by atoms with E-state index in [1.165, 1.54) is 0 Å². The second kappa shape index (κ2) is 6.29. The fourth-order valence-corrected chi connectivity index (χ4v) is 2.05. The molecule has 0 spiro atoms. The number of hydrogen-bond donors (Lipinski definition) is 2. The number of nitrogens with one attached hydrogen (secondary N) is 1. The average Bonchev–Trinajstić information content (AvgIpc) is 2.78. The number of hydrogen-bond acceptors (Lipinski definition) is 3. The molecule has 0 fully saturated rings. The van der Waals surface area contributed by atoms with Gasteiger partial charge in [-0.25, -0.2) is 0 Å². The van der Waals surface area contributed by atoms with E-state index in [9.17, 15) is 4.79 Å². The van der Waals surface area contributed by atoms with Crippen LogP contribution in [0.4, 0.5) is 5.69 Å². The Hall–Kier alpha value is -2.51. The number of furan rings is 1. The van der Waals surface area contributed by atoms with Crippen molar-refractivity contribution < 1.29 is 14.3 Å². The summed E-state index contributed by atoms with van der Waals surface area (Å²) in [5, 5.41) is 11.6. The molecular formula is C17H17NO3. The van der Waals surface area contributed by atoms with Gasteiger partial charge in [0, 0.05) is 5.56 Å². The quantitative estimate of drug-likeness (QED) is 0.833. The molecule has 0 saturated heterocycles. The lowest BCUT2D eigenvalue weighted by molar-refractivity contribution is 0.102. The van der Waals surface area contributed by atoms with Crippen LogP contribution in [0.5, 0.6) is 0 Å². The van der Waals surface area contributed by atoms with Gasteiger partial charge in [0.1, 0.15) is 18.1 Å². The minimum atomic E-state index is -0.236. The molecule has 21 heavy (non-hydrogen) atoms. The van der Waals surface area contributed by atoms with E-state index in [1.807, 2.05) is 19.1 Å². The minimum Gasteiger partial charge on any atom is -0.466 e. The summed E-state index contributed by atoms with van der Waals surface area (Å²) in [6, 6.07) is 7.27. The van der Waals surface area contributed by atoms with Gasteiger partial charge < -0.3 is 14.8 Å². The molecule has 4 heteroatoms. The Morgan fingerprint density at radius 1 is 1.29 bits per heavy atom. The fraction of sp³-hybridized carbons (Fsp3) is 0.235. The summed E-state index contributed by atoms with van der Waals surface area (Å²) < 4.78 is 5.37. The predicted octanol–water partition coefficient (Wildman–Crippen LogP) is 2.80. The van der Waals surface area contributed by atoms with E-state index in [4.69, 9.17) is 9.52 Å². The zero-order valence-corrected chi connectivity index (χ0v) is 12.3. The van der Waals surface area contributed by atoms with Gasteiger partial charge in [-0.1, -0.05) is 17.9 Å². The molecule has 2 N–H and O–H groups in total. The van der Waals surface area contributed by atoms with Crippen LogP contribution in [-0.2, 0) is 0 Å². The van der Waals surface area contributed by atoms with Crippen LogP contribution in [-0.4, -0.2) is 17.6 Å². The van der Waals surface area contributed by atoms with Crippen molar-refractivity contribution in [2.24, 2.45) is 0 Å². The summed E-state index contributed by atoms with van der Waals surface area (Å²) in [4.78, 5) is 12.3.